The number of nitrogens with one attached hydrogen (secondary N) is 1. The van der Waals surface area contributed by atoms with E-state index < -0.39 is 0 Å². The quantitative estimate of drug-likeness (QED) is 0.453. The molecule has 1 aliphatic heterocycles. The van der Waals surface area contributed by atoms with Crippen LogP contribution >= 0.6 is 11.8 Å². The van der Waals surface area contributed by atoms with Crippen LogP contribution in [0.15, 0.2) is 41.8 Å². The number of thioether (sulfide) groups is 1. The van der Waals surface area contributed by atoms with Gasteiger partial charge in [-0.25, -0.2) is 4.98 Å². The van der Waals surface area contributed by atoms with Crippen molar-refractivity contribution in [1.29, 1.82) is 0 Å². The van der Waals surface area contributed by atoms with E-state index >= 15 is 0 Å². The van der Waals surface area contributed by atoms with E-state index in [4.69, 9.17) is 4.74 Å². The van der Waals surface area contributed by atoms with E-state index in [2.05, 4.69) is 35.3 Å². The second-order valence-electron chi connectivity index (χ2n) is 6.18. The van der Waals surface area contributed by atoms with Gasteiger partial charge in [-0.05, 0) is 25.0 Å². The van der Waals surface area contributed by atoms with Gasteiger partial charge >= 0.3 is 0 Å². The number of anilines is 2. The summed E-state index contributed by atoms with van der Waals surface area (Å²) in [6.07, 6.45) is 3.94. The van der Waals surface area contributed by atoms with Crippen LogP contribution in [0.4, 0.5) is 11.9 Å². The van der Waals surface area contributed by atoms with Gasteiger partial charge in [-0.2, -0.15) is 19.6 Å². The fourth-order valence-electron chi connectivity index (χ4n) is 2.85. The van der Waals surface area contributed by atoms with Crippen molar-refractivity contribution in [3.8, 4) is 11.7 Å². The van der Waals surface area contributed by atoms with Gasteiger partial charge < -0.3 is 15.0 Å². The van der Waals surface area contributed by atoms with E-state index in [0.717, 1.165) is 37.4 Å². The molecule has 0 amide bonds. The molecule has 10 heteroatoms. The monoisotopic (exact) mass is 398 g/mol. The van der Waals surface area contributed by atoms with Gasteiger partial charge in [0.05, 0.1) is 6.61 Å². The number of nitrogens with zero attached hydrogens (tertiary/aromatic N) is 7. The normalized spacial score (nSPS) is 13.7. The van der Waals surface area contributed by atoms with Crippen molar-refractivity contribution in [3.05, 3.63) is 36.7 Å². The van der Waals surface area contributed by atoms with Crippen LogP contribution in [0.1, 0.15) is 12.8 Å². The predicted molar refractivity (Wildman–Crippen MR) is 108 cm³/mol. The Morgan fingerprint density at radius 3 is 2.64 bits per heavy atom. The number of benzene rings is 1. The molecule has 9 nitrogen and oxygen atoms in total. The molecular formula is C18H22N8OS. The largest absolute Gasteiger partial charge is 0.493 e. The molecule has 2 aromatic heterocycles. The highest BCUT2D eigenvalue weighted by Gasteiger charge is 2.18. The number of hydrogen-bond donors (Lipinski definition) is 1. The minimum absolute atomic E-state index is 0.459. The summed E-state index contributed by atoms with van der Waals surface area (Å²) in [5.41, 5.74) is 0. The molecule has 1 N–H and O–H groups in total. The Hall–Kier alpha value is -2.88. The van der Waals surface area contributed by atoms with E-state index in [1.54, 1.807) is 18.1 Å². The Kier molecular flexibility index (Phi) is 5.86. The van der Waals surface area contributed by atoms with Gasteiger partial charge in [0.2, 0.25) is 17.1 Å². The zero-order valence-electron chi connectivity index (χ0n) is 15.7. The highest BCUT2D eigenvalue weighted by molar-refractivity contribution is 7.99. The summed E-state index contributed by atoms with van der Waals surface area (Å²) in [7, 11) is 1.79. The molecule has 0 radical (unpaired) electrons. The summed E-state index contributed by atoms with van der Waals surface area (Å²) in [4.78, 5) is 20.0. The number of aromatic nitrogens is 6. The van der Waals surface area contributed by atoms with Crippen molar-refractivity contribution in [3.63, 3.8) is 0 Å². The van der Waals surface area contributed by atoms with Crippen LogP contribution < -0.4 is 15.0 Å². The summed E-state index contributed by atoms with van der Waals surface area (Å²) in [5.74, 6) is 3.26. The maximum atomic E-state index is 5.69. The lowest BCUT2D eigenvalue weighted by Gasteiger charge is -2.16. The SMILES string of the molecule is CNc1nc(N2CCCC2)nc(-n2cnc(SCCOc3ccccc3)n2)n1. The van der Waals surface area contributed by atoms with Crippen molar-refractivity contribution in [1.82, 2.24) is 29.7 Å². The second-order valence-corrected chi connectivity index (χ2v) is 7.25. The molecule has 0 atom stereocenters. The molecule has 1 aliphatic rings. The first-order valence-corrected chi connectivity index (χ1v) is 10.2. The summed E-state index contributed by atoms with van der Waals surface area (Å²) >= 11 is 1.53. The fourth-order valence-corrected chi connectivity index (χ4v) is 3.46. The Balaban J connectivity index is 1.40. The molecular weight excluding hydrogens is 376 g/mol. The maximum Gasteiger partial charge on any atom is 0.258 e. The highest BCUT2D eigenvalue weighted by atomic mass is 32.2. The number of rotatable bonds is 8. The van der Waals surface area contributed by atoms with Crippen LogP contribution in [0.3, 0.4) is 0 Å². The van der Waals surface area contributed by atoms with Crippen molar-refractivity contribution >= 4 is 23.7 Å². The van der Waals surface area contributed by atoms with Gasteiger partial charge in [0, 0.05) is 25.9 Å². The van der Waals surface area contributed by atoms with Gasteiger partial charge in [-0.15, -0.1) is 5.10 Å². The minimum atomic E-state index is 0.459. The van der Waals surface area contributed by atoms with Gasteiger partial charge in [0.25, 0.3) is 5.95 Å². The molecule has 1 aromatic carbocycles. The summed E-state index contributed by atoms with van der Waals surface area (Å²) in [6, 6.07) is 9.76. The number of ether oxygens (including phenoxy) is 1. The molecule has 0 spiro atoms. The Labute approximate surface area is 167 Å². The Morgan fingerprint density at radius 2 is 1.86 bits per heavy atom. The zero-order valence-corrected chi connectivity index (χ0v) is 16.5. The Bertz CT molecular complexity index is 898. The molecule has 0 unspecified atom stereocenters. The van der Waals surface area contributed by atoms with Gasteiger partial charge in [-0.1, -0.05) is 30.0 Å². The van der Waals surface area contributed by atoms with Crippen LogP contribution in [0, 0.1) is 0 Å². The topological polar surface area (TPSA) is 93.9 Å². The molecule has 0 aliphatic carbocycles. The predicted octanol–water partition coefficient (Wildman–Crippen LogP) is 2.27. The molecule has 0 bridgehead atoms. The molecule has 1 fully saturated rings. The number of hydrogen-bond acceptors (Lipinski definition) is 9. The second kappa shape index (κ2) is 8.87. The first kappa shape index (κ1) is 18.5. The zero-order chi connectivity index (χ0) is 19.2. The average molecular weight is 398 g/mol. The molecule has 0 saturated carbocycles. The first-order valence-electron chi connectivity index (χ1n) is 9.23. The van der Waals surface area contributed by atoms with Crippen LogP contribution in [0.5, 0.6) is 5.75 Å². The summed E-state index contributed by atoms with van der Waals surface area (Å²) in [6.45, 7) is 2.51. The van der Waals surface area contributed by atoms with Crippen LogP contribution in [-0.4, -0.2) is 62.2 Å². The third kappa shape index (κ3) is 4.50. The molecule has 28 heavy (non-hydrogen) atoms. The molecule has 146 valence electrons. The van der Waals surface area contributed by atoms with Crippen molar-refractivity contribution in [2.24, 2.45) is 0 Å². The Morgan fingerprint density at radius 1 is 1.07 bits per heavy atom. The van der Waals surface area contributed by atoms with Crippen molar-refractivity contribution < 1.29 is 4.74 Å². The standard InChI is InChI=1S/C18H22N8OS/c1-19-15-21-16(25-9-5-6-10-25)23-17(22-15)26-13-20-18(24-26)28-12-11-27-14-7-3-2-4-8-14/h2-4,7-8,13H,5-6,9-12H2,1H3,(H,19,21,22,23). The van der Waals surface area contributed by atoms with E-state index in [0.29, 0.717) is 29.6 Å². The lowest BCUT2D eigenvalue weighted by atomic mass is 10.3. The van der Waals surface area contributed by atoms with Crippen LogP contribution in [-0.2, 0) is 0 Å². The first-order chi connectivity index (χ1) is 13.8. The smallest absolute Gasteiger partial charge is 0.258 e. The van der Waals surface area contributed by atoms with Gasteiger partial charge in [0.1, 0.15) is 12.1 Å². The third-order valence-corrected chi connectivity index (χ3v) is 5.04. The maximum absolute atomic E-state index is 5.69. The fraction of sp³-hybridized carbons (Fsp3) is 0.389. The van der Waals surface area contributed by atoms with Crippen LogP contribution in [0.2, 0.25) is 0 Å². The van der Waals surface area contributed by atoms with Gasteiger partial charge in [-0.3, -0.25) is 0 Å². The van der Waals surface area contributed by atoms with E-state index in [1.165, 1.54) is 11.8 Å². The van der Waals surface area contributed by atoms with Crippen LogP contribution in [0.25, 0.3) is 5.95 Å². The van der Waals surface area contributed by atoms with Crippen molar-refractivity contribution in [2.75, 3.05) is 42.7 Å². The molecule has 4 rings (SSSR count). The van der Waals surface area contributed by atoms with E-state index in [-0.39, 0.29) is 0 Å². The van der Waals surface area contributed by atoms with Gasteiger partial charge in [0.15, 0.2) is 0 Å². The average Bonchev–Trinajstić information content (AvgIpc) is 3.44. The lowest BCUT2D eigenvalue weighted by molar-refractivity contribution is 0.344. The minimum Gasteiger partial charge on any atom is -0.493 e. The van der Waals surface area contributed by atoms with E-state index in [9.17, 15) is 0 Å². The number of para-hydroxylation sites is 1. The lowest BCUT2D eigenvalue weighted by Crippen LogP contribution is -2.22. The summed E-state index contributed by atoms with van der Waals surface area (Å²) < 4.78 is 7.28. The molecule has 3 heterocycles. The molecule has 3 aromatic rings. The van der Waals surface area contributed by atoms with Crippen molar-refractivity contribution in [2.45, 2.75) is 18.0 Å². The third-order valence-electron chi connectivity index (χ3n) is 4.23. The highest BCUT2D eigenvalue weighted by Crippen LogP contribution is 2.19. The molecule has 1 saturated heterocycles. The summed E-state index contributed by atoms with van der Waals surface area (Å²) in [5, 5.41) is 8.13. The van der Waals surface area contributed by atoms with E-state index in [1.807, 2.05) is 30.3 Å².